The van der Waals surface area contributed by atoms with Gasteiger partial charge in [0, 0.05) is 23.8 Å². The van der Waals surface area contributed by atoms with E-state index >= 15 is 0 Å². The second-order valence-corrected chi connectivity index (χ2v) is 6.36. The van der Waals surface area contributed by atoms with Crippen LogP contribution in [0.15, 0.2) is 60.2 Å². The van der Waals surface area contributed by atoms with Gasteiger partial charge in [-0.2, -0.15) is 5.10 Å². The summed E-state index contributed by atoms with van der Waals surface area (Å²) in [6.07, 6.45) is 3.50. The first kappa shape index (κ1) is 17.7. The zero-order valence-corrected chi connectivity index (χ0v) is 14.9. The lowest BCUT2D eigenvalue weighted by Gasteiger charge is -2.17. The molecule has 26 heavy (non-hydrogen) atoms. The van der Waals surface area contributed by atoms with E-state index in [-0.39, 0.29) is 12.6 Å². The minimum atomic E-state index is -0.750. The largest absolute Gasteiger partial charge is 0.495 e. The van der Waals surface area contributed by atoms with Crippen molar-refractivity contribution in [2.24, 2.45) is 0 Å². The number of para-hydroxylation sites is 2. The first-order valence-electron chi connectivity index (χ1n) is 7.93. The number of carbonyl (C=O) groups is 2. The number of hydrogen-bond acceptors (Lipinski definition) is 5. The lowest BCUT2D eigenvalue weighted by atomic mass is 10.2. The number of carbonyl (C=O) groups excluding carboxylic acids is 2. The van der Waals surface area contributed by atoms with Gasteiger partial charge in [0.15, 0.2) is 0 Å². The van der Waals surface area contributed by atoms with Crippen LogP contribution in [0.2, 0.25) is 0 Å². The lowest BCUT2D eigenvalue weighted by molar-refractivity contribution is -0.136. The molecule has 0 saturated carbocycles. The maximum atomic E-state index is 12.2. The molecule has 2 aromatic heterocycles. The molecule has 1 atom stereocenters. The Labute approximate surface area is 154 Å². The fraction of sp³-hybridized carbons (Fsp3) is 0.167. The number of hydrogen-bond donors (Lipinski definition) is 2. The smallest absolute Gasteiger partial charge is 0.313 e. The average molecular weight is 370 g/mol. The van der Waals surface area contributed by atoms with E-state index in [2.05, 4.69) is 15.7 Å². The number of benzene rings is 1. The number of anilines is 1. The van der Waals surface area contributed by atoms with Gasteiger partial charge in [-0.3, -0.25) is 14.3 Å². The van der Waals surface area contributed by atoms with E-state index in [4.69, 9.17) is 4.74 Å². The third-order valence-corrected chi connectivity index (χ3v) is 4.71. The van der Waals surface area contributed by atoms with Crippen molar-refractivity contribution in [3.05, 3.63) is 65.1 Å². The minimum Gasteiger partial charge on any atom is -0.495 e. The number of amides is 2. The Kier molecular flexibility index (Phi) is 5.65. The molecular weight excluding hydrogens is 352 g/mol. The summed E-state index contributed by atoms with van der Waals surface area (Å²) in [7, 11) is 1.50. The van der Waals surface area contributed by atoms with Crippen molar-refractivity contribution in [2.45, 2.75) is 6.04 Å². The molecule has 0 aliphatic rings. The van der Waals surface area contributed by atoms with Gasteiger partial charge in [-0.1, -0.05) is 18.2 Å². The summed E-state index contributed by atoms with van der Waals surface area (Å²) < 4.78 is 6.92. The number of nitrogens with one attached hydrogen (secondary N) is 2. The first-order chi connectivity index (χ1) is 12.7. The molecular formula is C18H18N4O3S. The highest BCUT2D eigenvalue weighted by atomic mass is 32.1. The molecule has 134 valence electrons. The zero-order chi connectivity index (χ0) is 18.4. The summed E-state index contributed by atoms with van der Waals surface area (Å²) in [6, 6.07) is 12.5. The highest BCUT2D eigenvalue weighted by molar-refractivity contribution is 7.10. The molecule has 2 amide bonds. The highest BCUT2D eigenvalue weighted by Gasteiger charge is 2.20. The van der Waals surface area contributed by atoms with Gasteiger partial charge in [-0.25, -0.2) is 0 Å². The van der Waals surface area contributed by atoms with Crippen LogP contribution < -0.4 is 15.4 Å². The van der Waals surface area contributed by atoms with E-state index < -0.39 is 11.8 Å². The van der Waals surface area contributed by atoms with Crippen molar-refractivity contribution in [3.63, 3.8) is 0 Å². The predicted octanol–water partition coefficient (Wildman–Crippen LogP) is 2.30. The molecule has 0 aliphatic heterocycles. The van der Waals surface area contributed by atoms with E-state index in [0.717, 1.165) is 4.88 Å². The molecule has 0 aliphatic carbocycles. The molecule has 2 N–H and O–H groups in total. The number of aromatic nitrogens is 2. The standard InChI is InChI=1S/C18H18N4O3S/c1-25-15-7-3-2-6-13(15)21-18(24)17(23)19-12-14(16-8-4-11-26-16)22-10-5-9-20-22/h2-11,14H,12H2,1H3,(H,19,23)(H,21,24). The van der Waals surface area contributed by atoms with Crippen LogP contribution >= 0.6 is 11.3 Å². The van der Waals surface area contributed by atoms with E-state index in [1.807, 2.05) is 29.8 Å². The van der Waals surface area contributed by atoms with Gasteiger partial charge in [-0.05, 0) is 29.6 Å². The summed E-state index contributed by atoms with van der Waals surface area (Å²) in [5.41, 5.74) is 0.442. The Bertz CT molecular complexity index is 828. The van der Waals surface area contributed by atoms with Crippen molar-refractivity contribution in [2.75, 3.05) is 19.0 Å². The molecule has 0 bridgehead atoms. The van der Waals surface area contributed by atoms with Crippen molar-refractivity contribution >= 4 is 28.8 Å². The average Bonchev–Trinajstić information content (AvgIpc) is 3.36. The quantitative estimate of drug-likeness (QED) is 0.652. The van der Waals surface area contributed by atoms with Gasteiger partial charge >= 0.3 is 11.8 Å². The van der Waals surface area contributed by atoms with Gasteiger partial charge in [0.05, 0.1) is 12.8 Å². The highest BCUT2D eigenvalue weighted by Crippen LogP contribution is 2.23. The topological polar surface area (TPSA) is 85.2 Å². The van der Waals surface area contributed by atoms with Crippen LogP contribution in [0, 0.1) is 0 Å². The summed E-state index contributed by atoms with van der Waals surface area (Å²) in [6.45, 7) is 0.250. The number of ether oxygens (including phenoxy) is 1. The second kappa shape index (κ2) is 8.30. The first-order valence-corrected chi connectivity index (χ1v) is 8.81. The fourth-order valence-electron chi connectivity index (χ4n) is 2.47. The third-order valence-electron chi connectivity index (χ3n) is 3.73. The number of thiophene rings is 1. The third kappa shape index (κ3) is 4.09. The van der Waals surface area contributed by atoms with Crippen molar-refractivity contribution in [1.82, 2.24) is 15.1 Å². The predicted molar refractivity (Wildman–Crippen MR) is 99.3 cm³/mol. The Hall–Kier alpha value is -3.13. The lowest BCUT2D eigenvalue weighted by Crippen LogP contribution is -2.38. The SMILES string of the molecule is COc1ccccc1NC(=O)C(=O)NCC(c1cccs1)n1cccn1. The van der Waals surface area contributed by atoms with E-state index in [0.29, 0.717) is 11.4 Å². The summed E-state index contributed by atoms with van der Waals surface area (Å²) in [5.74, 6) is -0.980. The maximum absolute atomic E-state index is 12.2. The van der Waals surface area contributed by atoms with E-state index in [9.17, 15) is 9.59 Å². The molecule has 0 saturated heterocycles. The van der Waals surface area contributed by atoms with Crippen molar-refractivity contribution < 1.29 is 14.3 Å². The van der Waals surface area contributed by atoms with Gasteiger partial charge < -0.3 is 15.4 Å². The molecule has 7 nitrogen and oxygen atoms in total. The summed E-state index contributed by atoms with van der Waals surface area (Å²) in [5, 5.41) is 11.4. The van der Waals surface area contributed by atoms with Crippen LogP contribution in [0.1, 0.15) is 10.9 Å². The van der Waals surface area contributed by atoms with Gasteiger partial charge in [0.25, 0.3) is 0 Å². The second-order valence-electron chi connectivity index (χ2n) is 5.38. The van der Waals surface area contributed by atoms with Crippen molar-refractivity contribution in [3.8, 4) is 5.75 Å². The maximum Gasteiger partial charge on any atom is 0.313 e. The number of methoxy groups -OCH3 is 1. The van der Waals surface area contributed by atoms with Gasteiger partial charge in [-0.15, -0.1) is 11.3 Å². The molecule has 0 fully saturated rings. The Morgan fingerprint density at radius 2 is 2.04 bits per heavy atom. The van der Waals surface area contributed by atoms with Gasteiger partial charge in [0.2, 0.25) is 0 Å². The molecule has 3 aromatic rings. The zero-order valence-electron chi connectivity index (χ0n) is 14.1. The van der Waals surface area contributed by atoms with E-state index in [1.54, 1.807) is 46.5 Å². The molecule has 2 heterocycles. The normalized spacial score (nSPS) is 11.6. The minimum absolute atomic E-state index is 0.173. The molecule has 0 radical (unpaired) electrons. The van der Waals surface area contributed by atoms with Crippen molar-refractivity contribution in [1.29, 1.82) is 0 Å². The Morgan fingerprint density at radius 1 is 1.19 bits per heavy atom. The van der Waals surface area contributed by atoms with Crippen LogP contribution in [-0.4, -0.2) is 35.2 Å². The fourth-order valence-corrected chi connectivity index (χ4v) is 3.29. The van der Waals surface area contributed by atoms with Crippen LogP contribution in [-0.2, 0) is 9.59 Å². The Balaban J connectivity index is 1.64. The molecule has 3 rings (SSSR count). The Morgan fingerprint density at radius 3 is 2.73 bits per heavy atom. The van der Waals surface area contributed by atoms with Crippen LogP contribution in [0.25, 0.3) is 0 Å². The molecule has 0 spiro atoms. The van der Waals surface area contributed by atoms with Gasteiger partial charge in [0.1, 0.15) is 11.8 Å². The number of rotatable bonds is 6. The number of nitrogens with zero attached hydrogens (tertiary/aromatic N) is 2. The molecule has 8 heteroatoms. The van der Waals surface area contributed by atoms with Crippen LogP contribution in [0.4, 0.5) is 5.69 Å². The van der Waals surface area contributed by atoms with Crippen LogP contribution in [0.3, 0.4) is 0 Å². The van der Waals surface area contributed by atoms with E-state index in [1.165, 1.54) is 7.11 Å². The summed E-state index contributed by atoms with van der Waals surface area (Å²) in [4.78, 5) is 25.4. The van der Waals surface area contributed by atoms with Crippen LogP contribution in [0.5, 0.6) is 5.75 Å². The summed E-state index contributed by atoms with van der Waals surface area (Å²) >= 11 is 1.57. The molecule has 1 aromatic carbocycles. The molecule has 1 unspecified atom stereocenters. The monoisotopic (exact) mass is 370 g/mol.